The molecule has 0 atom stereocenters. The molecule has 34 heavy (non-hydrogen) atoms. The monoisotopic (exact) mass is 520 g/mol. The molecule has 0 saturated heterocycles. The molecule has 0 aromatic heterocycles. The Morgan fingerprint density at radius 1 is 0.882 bits per heavy atom. The zero-order valence-corrected chi connectivity index (χ0v) is 20.5. The Morgan fingerprint density at radius 3 is 2.00 bits per heavy atom. The fourth-order valence-corrected chi connectivity index (χ4v) is 4.68. The molecule has 1 amide bonds. The number of carbonyl (C=O) groups is 2. The van der Waals surface area contributed by atoms with Gasteiger partial charge in [-0.15, -0.1) is 0 Å². The first-order chi connectivity index (χ1) is 16.2. The van der Waals surface area contributed by atoms with Crippen molar-refractivity contribution in [1.29, 1.82) is 0 Å². The van der Waals surface area contributed by atoms with Crippen molar-refractivity contribution in [2.24, 2.45) is 0 Å². The van der Waals surface area contributed by atoms with Gasteiger partial charge in [0, 0.05) is 22.3 Å². The first-order valence-corrected chi connectivity index (χ1v) is 12.5. The summed E-state index contributed by atoms with van der Waals surface area (Å²) in [6.45, 7) is 1.48. The summed E-state index contributed by atoms with van der Waals surface area (Å²) in [6, 6.07) is 18.5. The second-order valence-electron chi connectivity index (χ2n) is 7.20. The van der Waals surface area contributed by atoms with Crippen LogP contribution in [0.2, 0.25) is 10.0 Å². The number of carbonyl (C=O) groups excluding carboxylic acids is 2. The summed E-state index contributed by atoms with van der Waals surface area (Å²) in [6.07, 6.45) is 0. The smallest absolute Gasteiger partial charge is 0.338 e. The lowest BCUT2D eigenvalue weighted by atomic mass is 10.2. The summed E-state index contributed by atoms with van der Waals surface area (Å²) >= 11 is 11.8. The highest BCUT2D eigenvalue weighted by molar-refractivity contribution is 7.89. The first kappa shape index (κ1) is 25.7. The predicted molar refractivity (Wildman–Crippen MR) is 132 cm³/mol. The number of rotatable bonds is 9. The number of nitrogens with zero attached hydrogens (tertiary/aromatic N) is 1. The maximum absolute atomic E-state index is 13.3. The van der Waals surface area contributed by atoms with Gasteiger partial charge in [0.15, 0.2) is 0 Å². The quantitative estimate of drug-likeness (QED) is 0.400. The fourth-order valence-electron chi connectivity index (χ4n) is 3.04. The maximum Gasteiger partial charge on any atom is 0.338 e. The van der Waals surface area contributed by atoms with Crippen LogP contribution in [0.15, 0.2) is 77.7 Å². The van der Waals surface area contributed by atoms with E-state index in [-0.39, 0.29) is 18.0 Å². The van der Waals surface area contributed by atoms with Crippen molar-refractivity contribution in [3.8, 4) is 0 Å². The molecule has 178 valence electrons. The van der Waals surface area contributed by atoms with E-state index in [0.717, 1.165) is 4.31 Å². The van der Waals surface area contributed by atoms with Crippen molar-refractivity contribution in [1.82, 2.24) is 4.31 Å². The van der Waals surface area contributed by atoms with E-state index in [1.807, 2.05) is 0 Å². The third-order valence-corrected chi connectivity index (χ3v) is 7.03. The molecule has 0 heterocycles. The van der Waals surface area contributed by atoms with E-state index in [1.165, 1.54) is 36.4 Å². The normalized spacial score (nSPS) is 11.3. The van der Waals surface area contributed by atoms with Crippen molar-refractivity contribution in [3.05, 3.63) is 94.0 Å². The van der Waals surface area contributed by atoms with E-state index < -0.39 is 28.4 Å². The summed E-state index contributed by atoms with van der Waals surface area (Å²) in [7, 11) is -4.02. The van der Waals surface area contributed by atoms with Gasteiger partial charge < -0.3 is 10.1 Å². The Hall–Kier alpha value is -2.91. The van der Waals surface area contributed by atoms with Gasteiger partial charge in [0.2, 0.25) is 15.9 Å². The summed E-state index contributed by atoms with van der Waals surface area (Å²) < 4.78 is 32.6. The molecule has 0 bridgehead atoms. The van der Waals surface area contributed by atoms with Crippen LogP contribution in [0.5, 0.6) is 0 Å². The standard InChI is InChI=1S/C24H22Cl2N2O5S/c1-2-33-24(30)18-5-11-21(12-6-18)27-23(29)16-28(15-17-3-7-19(25)8-4-17)34(31,32)22-13-9-20(26)10-14-22/h3-14H,2,15-16H2,1H3,(H,27,29). The van der Waals surface area contributed by atoms with Crippen LogP contribution in [0.4, 0.5) is 5.69 Å². The molecule has 3 aromatic carbocycles. The SMILES string of the molecule is CCOC(=O)c1ccc(NC(=O)CN(Cc2ccc(Cl)cc2)S(=O)(=O)c2ccc(Cl)cc2)cc1. The number of ether oxygens (including phenoxy) is 1. The van der Waals surface area contributed by atoms with Crippen LogP contribution in [0.25, 0.3) is 0 Å². The van der Waals surface area contributed by atoms with Crippen molar-refractivity contribution in [2.75, 3.05) is 18.5 Å². The molecule has 0 aliphatic rings. The topological polar surface area (TPSA) is 92.8 Å². The lowest BCUT2D eigenvalue weighted by molar-refractivity contribution is -0.116. The van der Waals surface area contributed by atoms with Gasteiger partial charge in [-0.1, -0.05) is 35.3 Å². The minimum atomic E-state index is -4.02. The highest BCUT2D eigenvalue weighted by Crippen LogP contribution is 2.22. The van der Waals surface area contributed by atoms with E-state index in [9.17, 15) is 18.0 Å². The molecule has 7 nitrogen and oxygen atoms in total. The van der Waals surface area contributed by atoms with E-state index in [2.05, 4.69) is 5.32 Å². The fraction of sp³-hybridized carbons (Fsp3) is 0.167. The van der Waals surface area contributed by atoms with Crippen LogP contribution in [-0.2, 0) is 26.1 Å². The molecule has 0 spiro atoms. The minimum Gasteiger partial charge on any atom is -0.462 e. The number of nitrogens with one attached hydrogen (secondary N) is 1. The molecule has 3 aromatic rings. The zero-order valence-electron chi connectivity index (χ0n) is 18.2. The van der Waals surface area contributed by atoms with Gasteiger partial charge in [-0.3, -0.25) is 4.79 Å². The van der Waals surface area contributed by atoms with Crippen LogP contribution in [0.1, 0.15) is 22.8 Å². The molecule has 0 fully saturated rings. The molecule has 0 radical (unpaired) electrons. The summed E-state index contributed by atoms with van der Waals surface area (Å²) in [5.74, 6) is -1.01. The van der Waals surface area contributed by atoms with Gasteiger partial charge >= 0.3 is 5.97 Å². The Morgan fingerprint density at radius 2 is 1.44 bits per heavy atom. The van der Waals surface area contributed by atoms with Crippen LogP contribution in [-0.4, -0.2) is 37.8 Å². The van der Waals surface area contributed by atoms with Crippen LogP contribution in [0.3, 0.4) is 0 Å². The molecule has 0 saturated carbocycles. The number of hydrogen-bond donors (Lipinski definition) is 1. The van der Waals surface area contributed by atoms with Crippen molar-refractivity contribution in [2.45, 2.75) is 18.4 Å². The number of anilines is 1. The Balaban J connectivity index is 1.80. The maximum atomic E-state index is 13.3. The van der Waals surface area contributed by atoms with Gasteiger partial charge in [-0.25, -0.2) is 13.2 Å². The molecule has 1 N–H and O–H groups in total. The Kier molecular flexibility index (Phi) is 8.68. The zero-order chi connectivity index (χ0) is 24.7. The highest BCUT2D eigenvalue weighted by Gasteiger charge is 2.27. The van der Waals surface area contributed by atoms with Crippen LogP contribution in [0, 0.1) is 0 Å². The molecule has 3 rings (SSSR count). The number of benzene rings is 3. The van der Waals surface area contributed by atoms with Crippen LogP contribution < -0.4 is 5.32 Å². The minimum absolute atomic E-state index is 0.0115. The van der Waals surface area contributed by atoms with E-state index in [4.69, 9.17) is 27.9 Å². The number of hydrogen-bond acceptors (Lipinski definition) is 5. The molecule has 0 aliphatic carbocycles. The number of sulfonamides is 1. The van der Waals surface area contributed by atoms with E-state index in [1.54, 1.807) is 43.3 Å². The average Bonchev–Trinajstić information content (AvgIpc) is 2.81. The summed E-state index contributed by atoms with van der Waals surface area (Å²) in [5.41, 5.74) is 1.41. The lowest BCUT2D eigenvalue weighted by Crippen LogP contribution is -2.37. The third-order valence-electron chi connectivity index (χ3n) is 4.72. The van der Waals surface area contributed by atoms with Gasteiger partial charge in [-0.05, 0) is 73.2 Å². The van der Waals surface area contributed by atoms with Gasteiger partial charge in [0.1, 0.15) is 0 Å². The Labute approximate surface area is 208 Å². The third kappa shape index (κ3) is 6.80. The van der Waals surface area contributed by atoms with Gasteiger partial charge in [-0.2, -0.15) is 4.31 Å². The number of amides is 1. The lowest BCUT2D eigenvalue weighted by Gasteiger charge is -2.22. The van der Waals surface area contributed by atoms with Crippen molar-refractivity contribution in [3.63, 3.8) is 0 Å². The van der Waals surface area contributed by atoms with Gasteiger partial charge in [0.25, 0.3) is 0 Å². The largest absolute Gasteiger partial charge is 0.462 e. The van der Waals surface area contributed by atoms with E-state index >= 15 is 0 Å². The molecule has 0 unspecified atom stereocenters. The average molecular weight is 521 g/mol. The van der Waals surface area contributed by atoms with E-state index in [0.29, 0.717) is 26.9 Å². The molecular weight excluding hydrogens is 499 g/mol. The number of halogens is 2. The molecule has 0 aliphatic heterocycles. The van der Waals surface area contributed by atoms with Crippen molar-refractivity contribution < 1.29 is 22.7 Å². The van der Waals surface area contributed by atoms with Gasteiger partial charge in [0.05, 0.1) is 23.6 Å². The van der Waals surface area contributed by atoms with Crippen molar-refractivity contribution >= 4 is 50.8 Å². The second kappa shape index (κ2) is 11.5. The summed E-state index contributed by atoms with van der Waals surface area (Å²) in [5, 5.41) is 3.57. The number of esters is 1. The predicted octanol–water partition coefficient (Wildman–Crippen LogP) is 5.00. The highest BCUT2D eigenvalue weighted by atomic mass is 35.5. The molecule has 10 heteroatoms. The van der Waals surface area contributed by atoms with Crippen LogP contribution >= 0.6 is 23.2 Å². The Bertz CT molecular complexity index is 1250. The summed E-state index contributed by atoms with van der Waals surface area (Å²) in [4.78, 5) is 24.6. The first-order valence-electron chi connectivity index (χ1n) is 10.3. The molecular formula is C24H22Cl2N2O5S. The second-order valence-corrected chi connectivity index (χ2v) is 10.0.